The summed E-state index contributed by atoms with van der Waals surface area (Å²) in [5.41, 5.74) is 0. The molecule has 0 fully saturated rings. The summed E-state index contributed by atoms with van der Waals surface area (Å²) < 4.78 is 46.3. The van der Waals surface area contributed by atoms with E-state index in [0.29, 0.717) is 12.5 Å². The van der Waals surface area contributed by atoms with Gasteiger partial charge >= 0.3 is 6.36 Å². The third kappa shape index (κ3) is 7.80. The van der Waals surface area contributed by atoms with E-state index in [1.165, 1.54) is 18.2 Å². The van der Waals surface area contributed by atoms with Crippen LogP contribution in [0.15, 0.2) is 24.3 Å². The Morgan fingerprint density at radius 1 is 1.10 bits per heavy atom. The lowest BCUT2D eigenvalue weighted by atomic mass is 10.1. The molecular weight excluding hydrogens is 283 g/mol. The van der Waals surface area contributed by atoms with Crippen LogP contribution in [0.25, 0.3) is 0 Å². The van der Waals surface area contributed by atoms with Gasteiger partial charge in [0.25, 0.3) is 0 Å². The molecule has 0 aliphatic carbocycles. The summed E-state index contributed by atoms with van der Waals surface area (Å²) in [4.78, 5) is 0. The summed E-state index contributed by atoms with van der Waals surface area (Å²) in [5, 5.41) is 3.22. The fourth-order valence-electron chi connectivity index (χ4n) is 1.71. The van der Waals surface area contributed by atoms with Crippen molar-refractivity contribution in [3.05, 3.63) is 24.3 Å². The van der Waals surface area contributed by atoms with Crippen LogP contribution in [-0.2, 0) is 0 Å². The molecule has 21 heavy (non-hydrogen) atoms. The molecule has 1 aromatic rings. The van der Waals surface area contributed by atoms with Gasteiger partial charge in [-0.25, -0.2) is 0 Å². The second-order valence-corrected chi connectivity index (χ2v) is 5.31. The van der Waals surface area contributed by atoms with Crippen LogP contribution in [0.2, 0.25) is 0 Å². The maximum absolute atomic E-state index is 12.3. The minimum absolute atomic E-state index is 0.0907. The van der Waals surface area contributed by atoms with Gasteiger partial charge in [0.2, 0.25) is 0 Å². The van der Waals surface area contributed by atoms with Crippen LogP contribution in [0.4, 0.5) is 13.2 Å². The summed E-state index contributed by atoms with van der Waals surface area (Å²) in [6.07, 6.45) is -3.94. The van der Waals surface area contributed by atoms with Gasteiger partial charge in [0.15, 0.2) is 11.5 Å². The number of para-hydroxylation sites is 2. The molecule has 0 saturated carbocycles. The van der Waals surface area contributed by atoms with Crippen LogP contribution in [0, 0.1) is 5.92 Å². The van der Waals surface area contributed by atoms with Crippen molar-refractivity contribution in [2.45, 2.75) is 39.7 Å². The van der Waals surface area contributed by atoms with Crippen LogP contribution in [0.5, 0.6) is 11.5 Å². The van der Waals surface area contributed by atoms with Gasteiger partial charge in [0, 0.05) is 6.54 Å². The van der Waals surface area contributed by atoms with Gasteiger partial charge in [-0.15, -0.1) is 13.2 Å². The van der Waals surface area contributed by atoms with E-state index in [1.807, 2.05) is 0 Å². The Hall–Kier alpha value is -1.43. The summed E-state index contributed by atoms with van der Waals surface area (Å²) in [6, 6.07) is 5.78. The van der Waals surface area contributed by atoms with E-state index in [2.05, 4.69) is 23.9 Å². The zero-order valence-electron chi connectivity index (χ0n) is 12.5. The molecular formula is C15H22F3NO2. The first-order valence-electron chi connectivity index (χ1n) is 7.00. The van der Waals surface area contributed by atoms with Crippen LogP contribution in [0.1, 0.15) is 27.2 Å². The second kappa shape index (κ2) is 8.12. The molecule has 0 radical (unpaired) electrons. The SMILES string of the molecule is CC(C)CCNCC(C)Oc1ccccc1OC(F)(F)F. The van der Waals surface area contributed by atoms with Crippen molar-refractivity contribution in [1.29, 1.82) is 0 Å². The first kappa shape index (κ1) is 17.6. The van der Waals surface area contributed by atoms with E-state index < -0.39 is 6.36 Å². The smallest absolute Gasteiger partial charge is 0.485 e. The quantitative estimate of drug-likeness (QED) is 0.737. The standard InChI is InChI=1S/C15H22F3NO2/c1-11(2)8-9-19-10-12(3)20-13-6-4-5-7-14(13)21-15(16,17)18/h4-7,11-12,19H,8-10H2,1-3H3. The number of ether oxygens (including phenoxy) is 2. The number of alkyl halides is 3. The molecule has 6 heteroatoms. The van der Waals surface area contributed by atoms with Crippen molar-refractivity contribution in [2.75, 3.05) is 13.1 Å². The number of nitrogens with one attached hydrogen (secondary N) is 1. The molecule has 0 amide bonds. The first-order valence-corrected chi connectivity index (χ1v) is 7.00. The molecule has 120 valence electrons. The van der Waals surface area contributed by atoms with Crippen molar-refractivity contribution in [3.8, 4) is 11.5 Å². The van der Waals surface area contributed by atoms with Crippen molar-refractivity contribution < 1.29 is 22.6 Å². The molecule has 0 saturated heterocycles. The summed E-state index contributed by atoms with van der Waals surface area (Å²) in [5.74, 6) is 0.377. The lowest BCUT2D eigenvalue weighted by molar-refractivity contribution is -0.275. The van der Waals surface area contributed by atoms with Gasteiger partial charge in [0.1, 0.15) is 6.10 Å². The molecule has 1 unspecified atom stereocenters. The van der Waals surface area contributed by atoms with Gasteiger partial charge in [-0.1, -0.05) is 26.0 Å². The number of hydrogen-bond donors (Lipinski definition) is 1. The predicted molar refractivity (Wildman–Crippen MR) is 75.5 cm³/mol. The molecule has 0 spiro atoms. The highest BCUT2D eigenvalue weighted by Gasteiger charge is 2.32. The molecule has 0 heterocycles. The summed E-state index contributed by atoms with van der Waals surface area (Å²) >= 11 is 0. The zero-order valence-corrected chi connectivity index (χ0v) is 12.5. The normalized spacial score (nSPS) is 13.3. The maximum atomic E-state index is 12.3. The molecule has 1 aromatic carbocycles. The first-order chi connectivity index (χ1) is 9.78. The van der Waals surface area contributed by atoms with E-state index in [1.54, 1.807) is 13.0 Å². The Morgan fingerprint density at radius 3 is 2.29 bits per heavy atom. The van der Waals surface area contributed by atoms with Crippen LogP contribution in [-0.4, -0.2) is 25.6 Å². The number of hydrogen-bond acceptors (Lipinski definition) is 3. The van der Waals surface area contributed by atoms with E-state index >= 15 is 0 Å². The summed E-state index contributed by atoms with van der Waals surface area (Å²) in [6.45, 7) is 7.48. The van der Waals surface area contributed by atoms with Crippen molar-refractivity contribution in [1.82, 2.24) is 5.32 Å². The van der Waals surface area contributed by atoms with Crippen molar-refractivity contribution in [2.24, 2.45) is 5.92 Å². The molecule has 0 aliphatic heterocycles. The third-order valence-electron chi connectivity index (χ3n) is 2.73. The largest absolute Gasteiger partial charge is 0.573 e. The molecule has 0 aliphatic rings. The van der Waals surface area contributed by atoms with Crippen molar-refractivity contribution in [3.63, 3.8) is 0 Å². The zero-order chi connectivity index (χ0) is 15.9. The lowest BCUT2D eigenvalue weighted by Crippen LogP contribution is -2.30. The fourth-order valence-corrected chi connectivity index (χ4v) is 1.71. The Morgan fingerprint density at radius 2 is 1.71 bits per heavy atom. The van der Waals surface area contributed by atoms with Gasteiger partial charge in [0.05, 0.1) is 0 Å². The van der Waals surface area contributed by atoms with Gasteiger partial charge in [-0.3, -0.25) is 0 Å². The van der Waals surface area contributed by atoms with E-state index in [0.717, 1.165) is 13.0 Å². The minimum atomic E-state index is -4.72. The lowest BCUT2D eigenvalue weighted by Gasteiger charge is -2.19. The third-order valence-corrected chi connectivity index (χ3v) is 2.73. The van der Waals surface area contributed by atoms with Crippen LogP contribution in [0.3, 0.4) is 0 Å². The Bertz CT molecular complexity index is 422. The van der Waals surface area contributed by atoms with E-state index in [9.17, 15) is 13.2 Å². The summed E-state index contributed by atoms with van der Waals surface area (Å²) in [7, 11) is 0. The predicted octanol–water partition coefficient (Wildman–Crippen LogP) is 3.99. The average Bonchev–Trinajstić information content (AvgIpc) is 2.35. The molecule has 1 N–H and O–H groups in total. The average molecular weight is 305 g/mol. The Labute approximate surface area is 123 Å². The molecule has 3 nitrogen and oxygen atoms in total. The minimum Gasteiger partial charge on any atom is -0.485 e. The molecule has 1 rings (SSSR count). The highest BCUT2D eigenvalue weighted by molar-refractivity contribution is 5.39. The van der Waals surface area contributed by atoms with Crippen molar-refractivity contribution >= 4 is 0 Å². The monoisotopic (exact) mass is 305 g/mol. The van der Waals surface area contributed by atoms with E-state index in [-0.39, 0.29) is 17.6 Å². The number of rotatable bonds is 8. The van der Waals surface area contributed by atoms with Gasteiger partial charge in [-0.2, -0.15) is 0 Å². The maximum Gasteiger partial charge on any atom is 0.573 e. The van der Waals surface area contributed by atoms with Crippen LogP contribution >= 0.6 is 0 Å². The highest BCUT2D eigenvalue weighted by atomic mass is 19.4. The molecule has 0 aromatic heterocycles. The fraction of sp³-hybridized carbons (Fsp3) is 0.600. The van der Waals surface area contributed by atoms with E-state index in [4.69, 9.17) is 4.74 Å². The Balaban J connectivity index is 2.50. The van der Waals surface area contributed by atoms with Crippen LogP contribution < -0.4 is 14.8 Å². The topological polar surface area (TPSA) is 30.5 Å². The molecule has 1 atom stereocenters. The second-order valence-electron chi connectivity index (χ2n) is 5.31. The Kier molecular flexibility index (Phi) is 6.81. The molecule has 0 bridgehead atoms. The van der Waals surface area contributed by atoms with Gasteiger partial charge in [-0.05, 0) is 37.9 Å². The number of benzene rings is 1. The number of halogens is 3. The van der Waals surface area contributed by atoms with Gasteiger partial charge < -0.3 is 14.8 Å². The highest BCUT2D eigenvalue weighted by Crippen LogP contribution is 2.32.